The Kier molecular flexibility index (Phi) is 3.27. The maximum Gasteiger partial charge on any atom is 0.343 e. The van der Waals surface area contributed by atoms with E-state index in [0.29, 0.717) is 0 Å². The molecule has 1 heterocycles. The quantitative estimate of drug-likeness (QED) is 0.530. The first kappa shape index (κ1) is 12.9. The first-order valence-electron chi connectivity index (χ1n) is 6.19. The van der Waals surface area contributed by atoms with Crippen LogP contribution < -0.4 is 5.73 Å². The highest BCUT2D eigenvalue weighted by Gasteiger charge is 2.22. The number of fused-ring (bicyclic) bond motifs is 1. The van der Waals surface area contributed by atoms with E-state index in [0.717, 1.165) is 17.7 Å². The molecule has 1 aliphatic carbocycles. The van der Waals surface area contributed by atoms with Gasteiger partial charge in [0, 0.05) is 4.90 Å². The van der Waals surface area contributed by atoms with E-state index in [-0.39, 0.29) is 16.5 Å². The van der Waals surface area contributed by atoms with Gasteiger partial charge in [-0.05, 0) is 42.5 Å². The number of nitro groups is 1. The maximum atomic E-state index is 11.1. The van der Waals surface area contributed by atoms with Gasteiger partial charge in [-0.2, -0.15) is 0 Å². The molecule has 6 nitrogen and oxygen atoms in total. The molecule has 2 N–H and O–H groups in total. The van der Waals surface area contributed by atoms with Gasteiger partial charge in [0.15, 0.2) is 5.03 Å². The van der Waals surface area contributed by atoms with Gasteiger partial charge < -0.3 is 5.73 Å². The summed E-state index contributed by atoms with van der Waals surface area (Å²) in [7, 11) is 0. The van der Waals surface area contributed by atoms with Crippen molar-refractivity contribution < 1.29 is 4.92 Å². The van der Waals surface area contributed by atoms with Crippen molar-refractivity contribution in [1.82, 2.24) is 9.97 Å². The number of anilines is 1. The van der Waals surface area contributed by atoms with Crippen molar-refractivity contribution in [2.75, 3.05) is 5.73 Å². The molecule has 0 radical (unpaired) electrons. The van der Waals surface area contributed by atoms with E-state index in [1.165, 1.54) is 35.6 Å². The van der Waals surface area contributed by atoms with Crippen LogP contribution in [0.3, 0.4) is 0 Å². The number of nitrogens with zero attached hydrogens (tertiary/aromatic N) is 3. The molecular formula is C13H12N4O2S. The molecule has 0 spiro atoms. The number of rotatable bonds is 3. The van der Waals surface area contributed by atoms with E-state index < -0.39 is 4.92 Å². The lowest BCUT2D eigenvalue weighted by Gasteiger charge is -2.05. The fourth-order valence-electron chi connectivity index (χ4n) is 2.34. The fraction of sp³-hybridized carbons (Fsp3) is 0.231. The van der Waals surface area contributed by atoms with Crippen LogP contribution in [0.5, 0.6) is 0 Å². The Morgan fingerprint density at radius 1 is 1.25 bits per heavy atom. The predicted molar refractivity (Wildman–Crippen MR) is 75.7 cm³/mol. The Hall–Kier alpha value is -2.15. The van der Waals surface area contributed by atoms with E-state index >= 15 is 0 Å². The zero-order valence-corrected chi connectivity index (χ0v) is 11.4. The number of benzene rings is 1. The molecular weight excluding hydrogens is 276 g/mol. The second-order valence-electron chi connectivity index (χ2n) is 4.56. The topological polar surface area (TPSA) is 94.9 Å². The maximum absolute atomic E-state index is 11.1. The summed E-state index contributed by atoms with van der Waals surface area (Å²) in [6.07, 6.45) is 4.60. The zero-order valence-electron chi connectivity index (χ0n) is 10.6. The van der Waals surface area contributed by atoms with Crippen LogP contribution in [0.1, 0.15) is 17.5 Å². The van der Waals surface area contributed by atoms with E-state index in [4.69, 9.17) is 5.73 Å². The number of aryl methyl sites for hydroxylation is 2. The normalized spacial score (nSPS) is 13.2. The molecule has 1 aromatic heterocycles. The van der Waals surface area contributed by atoms with Gasteiger partial charge in [-0.1, -0.05) is 17.8 Å². The molecule has 2 aromatic rings. The van der Waals surface area contributed by atoms with E-state index in [1.807, 2.05) is 6.07 Å². The summed E-state index contributed by atoms with van der Waals surface area (Å²) < 4.78 is 0. The van der Waals surface area contributed by atoms with Gasteiger partial charge in [0.2, 0.25) is 5.82 Å². The van der Waals surface area contributed by atoms with Crippen molar-refractivity contribution in [3.05, 3.63) is 45.8 Å². The minimum absolute atomic E-state index is 0.103. The molecule has 0 bridgehead atoms. The minimum atomic E-state index is -0.537. The number of nitrogen functional groups attached to an aromatic ring is 1. The Balaban J connectivity index is 1.95. The monoisotopic (exact) mass is 288 g/mol. The average molecular weight is 288 g/mol. The standard InChI is InChI=1S/C13H12N4O2S/c14-12-11(17(18)19)13(16-7-15-12)20-10-5-4-8-2-1-3-9(8)6-10/h4-7H,1-3H2,(H2,14,15,16). The molecule has 0 unspecified atom stereocenters. The average Bonchev–Trinajstić information content (AvgIpc) is 2.85. The summed E-state index contributed by atoms with van der Waals surface area (Å²) >= 11 is 1.25. The molecule has 1 aliphatic rings. The van der Waals surface area contributed by atoms with Gasteiger partial charge in [0.25, 0.3) is 0 Å². The molecule has 0 saturated carbocycles. The van der Waals surface area contributed by atoms with Crippen LogP contribution in [0.25, 0.3) is 0 Å². The van der Waals surface area contributed by atoms with E-state index in [2.05, 4.69) is 22.1 Å². The number of hydrogen-bond acceptors (Lipinski definition) is 6. The lowest BCUT2D eigenvalue weighted by atomic mass is 10.1. The van der Waals surface area contributed by atoms with Crippen molar-refractivity contribution in [3.63, 3.8) is 0 Å². The second-order valence-corrected chi connectivity index (χ2v) is 5.62. The van der Waals surface area contributed by atoms with Crippen molar-refractivity contribution in [3.8, 4) is 0 Å². The Morgan fingerprint density at radius 2 is 2.05 bits per heavy atom. The summed E-state index contributed by atoms with van der Waals surface area (Å²) in [6.45, 7) is 0. The van der Waals surface area contributed by atoms with E-state index in [1.54, 1.807) is 0 Å². The minimum Gasteiger partial charge on any atom is -0.378 e. The predicted octanol–water partition coefficient (Wildman–Crippen LogP) is 2.61. The lowest BCUT2D eigenvalue weighted by molar-refractivity contribution is -0.387. The van der Waals surface area contributed by atoms with Crippen LogP contribution in [0.2, 0.25) is 0 Å². The SMILES string of the molecule is Nc1ncnc(Sc2ccc3c(c2)CCC3)c1[N+](=O)[O-]. The molecule has 20 heavy (non-hydrogen) atoms. The summed E-state index contributed by atoms with van der Waals surface area (Å²) in [5, 5.41) is 11.3. The third-order valence-corrected chi connectivity index (χ3v) is 4.27. The first-order valence-corrected chi connectivity index (χ1v) is 7.01. The zero-order chi connectivity index (χ0) is 14.1. The molecule has 0 fully saturated rings. The van der Waals surface area contributed by atoms with Gasteiger partial charge in [0.1, 0.15) is 6.33 Å². The van der Waals surface area contributed by atoms with Crippen molar-refractivity contribution in [2.24, 2.45) is 0 Å². The molecule has 0 saturated heterocycles. The highest BCUT2D eigenvalue weighted by molar-refractivity contribution is 7.99. The first-order chi connectivity index (χ1) is 9.65. The van der Waals surface area contributed by atoms with Crippen LogP contribution >= 0.6 is 11.8 Å². The van der Waals surface area contributed by atoms with Gasteiger partial charge in [0.05, 0.1) is 4.92 Å². The highest BCUT2D eigenvalue weighted by Crippen LogP contribution is 2.36. The molecule has 0 atom stereocenters. The Labute approximate surface area is 119 Å². The Morgan fingerprint density at radius 3 is 2.85 bits per heavy atom. The smallest absolute Gasteiger partial charge is 0.343 e. The number of aromatic nitrogens is 2. The number of hydrogen-bond donors (Lipinski definition) is 1. The molecule has 3 rings (SSSR count). The van der Waals surface area contributed by atoms with Crippen molar-refractivity contribution >= 4 is 23.3 Å². The highest BCUT2D eigenvalue weighted by atomic mass is 32.2. The van der Waals surface area contributed by atoms with E-state index in [9.17, 15) is 10.1 Å². The Bertz CT molecular complexity index is 690. The summed E-state index contributed by atoms with van der Waals surface area (Å²) in [5.74, 6) is -0.103. The van der Waals surface area contributed by atoms with Crippen LogP contribution in [0.15, 0.2) is 34.4 Å². The molecule has 1 aromatic carbocycles. The summed E-state index contributed by atoms with van der Waals surface area (Å²) in [5.41, 5.74) is 8.02. The second kappa shape index (κ2) is 5.09. The lowest BCUT2D eigenvalue weighted by Crippen LogP contribution is -2.01. The van der Waals surface area contributed by atoms with Crippen LogP contribution in [-0.4, -0.2) is 14.9 Å². The van der Waals surface area contributed by atoms with Gasteiger partial charge in [-0.15, -0.1) is 0 Å². The molecule has 0 amide bonds. The largest absolute Gasteiger partial charge is 0.378 e. The van der Waals surface area contributed by atoms with Crippen LogP contribution in [0, 0.1) is 10.1 Å². The summed E-state index contributed by atoms with van der Waals surface area (Å²) in [6, 6.07) is 6.13. The van der Waals surface area contributed by atoms with Crippen LogP contribution in [0.4, 0.5) is 11.5 Å². The van der Waals surface area contributed by atoms with Crippen molar-refractivity contribution in [2.45, 2.75) is 29.2 Å². The molecule has 0 aliphatic heterocycles. The van der Waals surface area contributed by atoms with Crippen LogP contribution in [-0.2, 0) is 12.8 Å². The summed E-state index contributed by atoms with van der Waals surface area (Å²) in [4.78, 5) is 19.1. The molecule has 7 heteroatoms. The van der Waals surface area contributed by atoms with Gasteiger partial charge in [-0.25, -0.2) is 9.97 Å². The third kappa shape index (κ3) is 2.32. The third-order valence-electron chi connectivity index (χ3n) is 3.28. The van der Waals surface area contributed by atoms with Gasteiger partial charge in [-0.3, -0.25) is 10.1 Å². The molecule has 102 valence electrons. The van der Waals surface area contributed by atoms with Gasteiger partial charge >= 0.3 is 5.69 Å². The van der Waals surface area contributed by atoms with Crippen molar-refractivity contribution in [1.29, 1.82) is 0 Å². The fourth-order valence-corrected chi connectivity index (χ4v) is 3.28. The number of nitrogens with two attached hydrogens (primary N) is 1.